The average molecular weight is 490 g/mol. The summed E-state index contributed by atoms with van der Waals surface area (Å²) in [6.45, 7) is 13.0. The molecule has 0 saturated carbocycles. The number of piperidine rings is 1. The molecule has 2 unspecified atom stereocenters. The molecule has 0 bridgehead atoms. The van der Waals surface area contributed by atoms with Crippen LogP contribution >= 0.6 is 0 Å². The molecule has 3 fully saturated rings. The second-order valence-corrected chi connectivity index (χ2v) is 11.8. The summed E-state index contributed by atoms with van der Waals surface area (Å²) in [6.07, 6.45) is 3.01. The number of ether oxygens (including phenoxy) is 1. The summed E-state index contributed by atoms with van der Waals surface area (Å²) < 4.78 is 5.27. The number of hydrogen-bond acceptors (Lipinski definition) is 4. The SMILES string of the molecule is COc1ccc(CN2CCC3(CCN(CC4CN(CC(C)C)CC4c4ccccc4)CC3)C2=O)cc1. The Kier molecular flexibility index (Phi) is 7.68. The van der Waals surface area contributed by atoms with Gasteiger partial charge in [-0.2, -0.15) is 0 Å². The number of amides is 1. The van der Waals surface area contributed by atoms with E-state index in [9.17, 15) is 4.79 Å². The minimum absolute atomic E-state index is 0.138. The fraction of sp³-hybridized carbons (Fsp3) is 0.581. The van der Waals surface area contributed by atoms with Crippen LogP contribution in [0.25, 0.3) is 0 Å². The molecule has 0 aromatic heterocycles. The van der Waals surface area contributed by atoms with Gasteiger partial charge in [0.05, 0.1) is 12.5 Å². The van der Waals surface area contributed by atoms with Crippen molar-refractivity contribution in [3.8, 4) is 5.75 Å². The number of benzene rings is 2. The van der Waals surface area contributed by atoms with E-state index < -0.39 is 0 Å². The van der Waals surface area contributed by atoms with E-state index in [-0.39, 0.29) is 5.41 Å². The van der Waals surface area contributed by atoms with Crippen LogP contribution in [0.5, 0.6) is 5.75 Å². The van der Waals surface area contributed by atoms with Gasteiger partial charge in [-0.05, 0) is 67.4 Å². The molecular formula is C31H43N3O2. The smallest absolute Gasteiger partial charge is 0.229 e. The first-order valence-electron chi connectivity index (χ1n) is 13.9. The molecule has 2 atom stereocenters. The monoisotopic (exact) mass is 489 g/mol. The Morgan fingerprint density at radius 2 is 1.61 bits per heavy atom. The van der Waals surface area contributed by atoms with Crippen molar-refractivity contribution in [2.45, 2.75) is 45.6 Å². The van der Waals surface area contributed by atoms with Crippen molar-refractivity contribution in [3.05, 3.63) is 65.7 Å². The lowest BCUT2D eigenvalue weighted by Crippen LogP contribution is -2.46. The van der Waals surface area contributed by atoms with Crippen LogP contribution in [0.3, 0.4) is 0 Å². The van der Waals surface area contributed by atoms with E-state index in [1.807, 2.05) is 12.1 Å². The Morgan fingerprint density at radius 3 is 2.28 bits per heavy atom. The molecule has 1 spiro atoms. The highest BCUT2D eigenvalue weighted by molar-refractivity contribution is 5.85. The highest BCUT2D eigenvalue weighted by Crippen LogP contribution is 2.43. The highest BCUT2D eigenvalue weighted by atomic mass is 16.5. The van der Waals surface area contributed by atoms with Crippen LogP contribution in [0.4, 0.5) is 0 Å². The lowest BCUT2D eigenvalue weighted by atomic mass is 9.76. The van der Waals surface area contributed by atoms with Gasteiger partial charge < -0.3 is 19.4 Å². The van der Waals surface area contributed by atoms with Crippen molar-refractivity contribution in [3.63, 3.8) is 0 Å². The van der Waals surface area contributed by atoms with Crippen LogP contribution in [0.2, 0.25) is 0 Å². The van der Waals surface area contributed by atoms with Gasteiger partial charge in [0, 0.05) is 45.2 Å². The van der Waals surface area contributed by atoms with Gasteiger partial charge in [-0.3, -0.25) is 4.79 Å². The van der Waals surface area contributed by atoms with Crippen LogP contribution in [-0.4, -0.2) is 73.5 Å². The molecule has 3 saturated heterocycles. The number of carbonyl (C=O) groups is 1. The molecule has 2 aromatic carbocycles. The maximum Gasteiger partial charge on any atom is 0.229 e. The molecule has 194 valence electrons. The van der Waals surface area contributed by atoms with Crippen molar-refractivity contribution < 1.29 is 9.53 Å². The van der Waals surface area contributed by atoms with Crippen LogP contribution in [-0.2, 0) is 11.3 Å². The largest absolute Gasteiger partial charge is 0.497 e. The second kappa shape index (κ2) is 10.9. The summed E-state index contributed by atoms with van der Waals surface area (Å²) in [5.41, 5.74) is 2.53. The van der Waals surface area contributed by atoms with Crippen LogP contribution in [0, 0.1) is 17.3 Å². The van der Waals surface area contributed by atoms with Gasteiger partial charge in [0.2, 0.25) is 5.91 Å². The Bertz CT molecular complexity index is 998. The molecule has 0 radical (unpaired) electrons. The molecule has 0 aliphatic carbocycles. The second-order valence-electron chi connectivity index (χ2n) is 11.8. The molecule has 5 rings (SSSR count). The van der Waals surface area contributed by atoms with Crippen molar-refractivity contribution in [1.82, 2.24) is 14.7 Å². The molecule has 3 aliphatic rings. The molecule has 3 aliphatic heterocycles. The van der Waals surface area contributed by atoms with E-state index in [1.165, 1.54) is 30.8 Å². The van der Waals surface area contributed by atoms with Gasteiger partial charge in [-0.25, -0.2) is 0 Å². The summed E-state index contributed by atoms with van der Waals surface area (Å²) in [5.74, 6) is 3.20. The van der Waals surface area contributed by atoms with Crippen molar-refractivity contribution in [2.24, 2.45) is 17.3 Å². The van der Waals surface area contributed by atoms with E-state index in [4.69, 9.17) is 4.74 Å². The first-order valence-corrected chi connectivity index (χ1v) is 13.9. The first-order chi connectivity index (χ1) is 17.5. The van der Waals surface area contributed by atoms with E-state index in [2.05, 4.69) is 71.0 Å². The Morgan fingerprint density at radius 1 is 0.917 bits per heavy atom. The van der Waals surface area contributed by atoms with Gasteiger partial charge in [-0.1, -0.05) is 56.3 Å². The number of hydrogen-bond donors (Lipinski definition) is 0. The summed E-state index contributed by atoms with van der Waals surface area (Å²) in [5, 5.41) is 0. The highest BCUT2D eigenvalue weighted by Gasteiger charge is 2.48. The standard InChI is InChI=1S/C31H43N3O2/c1-24(2)19-33-22-27(29(23-33)26-7-5-4-6-8-26)21-32-16-13-31(14-17-32)15-18-34(30(31)35)20-25-9-11-28(36-3)12-10-25/h4-12,24,27,29H,13-23H2,1-3H3. The summed E-state index contributed by atoms with van der Waals surface area (Å²) in [4.78, 5) is 20.9. The third kappa shape index (κ3) is 5.47. The summed E-state index contributed by atoms with van der Waals surface area (Å²) in [6, 6.07) is 19.3. The molecule has 5 nitrogen and oxygen atoms in total. The Balaban J connectivity index is 1.18. The molecule has 5 heteroatoms. The third-order valence-electron chi connectivity index (χ3n) is 8.81. The van der Waals surface area contributed by atoms with Crippen molar-refractivity contribution in [2.75, 3.05) is 52.9 Å². The zero-order chi connectivity index (χ0) is 25.1. The molecule has 2 aromatic rings. The van der Waals surface area contributed by atoms with Gasteiger partial charge in [0.1, 0.15) is 5.75 Å². The number of carbonyl (C=O) groups excluding carboxylic acids is 1. The maximum atomic E-state index is 13.5. The lowest BCUT2D eigenvalue weighted by Gasteiger charge is -2.39. The first kappa shape index (κ1) is 25.3. The van der Waals surface area contributed by atoms with Crippen LogP contribution in [0.1, 0.15) is 50.2 Å². The number of nitrogens with zero attached hydrogens (tertiary/aromatic N) is 3. The van der Waals surface area contributed by atoms with Crippen molar-refractivity contribution >= 4 is 5.91 Å². The molecule has 1 amide bonds. The average Bonchev–Trinajstić information content (AvgIpc) is 3.42. The van der Waals surface area contributed by atoms with Gasteiger partial charge in [0.15, 0.2) is 0 Å². The van der Waals surface area contributed by atoms with Crippen molar-refractivity contribution in [1.29, 1.82) is 0 Å². The van der Waals surface area contributed by atoms with Crippen LogP contribution < -0.4 is 4.74 Å². The quantitative estimate of drug-likeness (QED) is 0.530. The maximum absolute atomic E-state index is 13.5. The van der Waals surface area contributed by atoms with Gasteiger partial charge >= 0.3 is 0 Å². The summed E-state index contributed by atoms with van der Waals surface area (Å²) >= 11 is 0. The van der Waals surface area contributed by atoms with E-state index >= 15 is 0 Å². The normalized spacial score (nSPS) is 24.8. The summed E-state index contributed by atoms with van der Waals surface area (Å²) in [7, 11) is 1.69. The number of likely N-dealkylation sites (tertiary alicyclic amines) is 3. The molecular weight excluding hydrogens is 446 g/mol. The fourth-order valence-electron chi connectivity index (χ4n) is 6.84. The minimum Gasteiger partial charge on any atom is -0.497 e. The van der Waals surface area contributed by atoms with E-state index in [1.54, 1.807) is 7.11 Å². The zero-order valence-electron chi connectivity index (χ0n) is 22.4. The van der Waals surface area contributed by atoms with E-state index in [0.29, 0.717) is 30.2 Å². The number of methoxy groups -OCH3 is 1. The van der Waals surface area contributed by atoms with E-state index in [0.717, 1.165) is 51.2 Å². The zero-order valence-corrected chi connectivity index (χ0v) is 22.4. The molecule has 3 heterocycles. The minimum atomic E-state index is -0.138. The van der Waals surface area contributed by atoms with Crippen LogP contribution in [0.15, 0.2) is 54.6 Å². The molecule has 0 N–H and O–H groups in total. The lowest BCUT2D eigenvalue weighted by molar-refractivity contribution is -0.139. The Hall–Kier alpha value is -2.37. The third-order valence-corrected chi connectivity index (χ3v) is 8.81. The topological polar surface area (TPSA) is 36.0 Å². The predicted molar refractivity (Wildman–Crippen MR) is 145 cm³/mol. The molecule has 36 heavy (non-hydrogen) atoms. The number of rotatable bonds is 8. The van der Waals surface area contributed by atoms with Gasteiger partial charge in [-0.15, -0.1) is 0 Å². The van der Waals surface area contributed by atoms with Gasteiger partial charge in [0.25, 0.3) is 0 Å². The predicted octanol–water partition coefficient (Wildman–Crippen LogP) is 4.88. The Labute approximate surface area is 217 Å². The fourth-order valence-corrected chi connectivity index (χ4v) is 6.84.